The number of hydrogen-bond acceptors (Lipinski definition) is 5. The first-order chi connectivity index (χ1) is 13.8. The Labute approximate surface area is 173 Å². The maximum absolute atomic E-state index is 12.8. The molecule has 2 amide bonds. The van der Waals surface area contributed by atoms with Crippen LogP contribution in [0.5, 0.6) is 0 Å². The minimum Gasteiger partial charge on any atom is -0.379 e. The molecular weight excluding hydrogens is 420 g/mol. The number of halogens is 1. The van der Waals surface area contributed by atoms with Gasteiger partial charge in [0.05, 0.1) is 28.8 Å². The maximum Gasteiger partial charge on any atom is 0.290 e. The second-order valence-electron chi connectivity index (χ2n) is 6.34. The molecular formula is C18H20ClN4O5S+. The number of amides is 2. The minimum absolute atomic E-state index is 0.0301. The number of ether oxygens (including phenoxy) is 1. The summed E-state index contributed by atoms with van der Waals surface area (Å²) in [5.74, 6) is -1.05. The molecule has 2 heterocycles. The second-order valence-corrected chi connectivity index (χ2v) is 8.68. The number of benzene rings is 1. The van der Waals surface area contributed by atoms with Crippen molar-refractivity contribution < 1.29 is 27.3 Å². The first-order valence-corrected chi connectivity index (χ1v) is 10.6. The lowest BCUT2D eigenvalue weighted by atomic mass is 10.2. The van der Waals surface area contributed by atoms with Crippen LogP contribution in [-0.2, 0) is 26.1 Å². The van der Waals surface area contributed by atoms with Crippen molar-refractivity contribution in [3.63, 3.8) is 0 Å². The molecule has 9 nitrogen and oxygen atoms in total. The van der Waals surface area contributed by atoms with Gasteiger partial charge in [-0.05, 0) is 24.3 Å². The molecule has 1 aromatic heterocycles. The molecule has 1 aliphatic heterocycles. The lowest BCUT2D eigenvalue weighted by molar-refractivity contribution is -0.684. The van der Waals surface area contributed by atoms with Gasteiger partial charge < -0.3 is 15.8 Å². The molecule has 2 aromatic rings. The van der Waals surface area contributed by atoms with Crippen LogP contribution in [0.4, 0.5) is 5.69 Å². The average Bonchev–Trinajstić information content (AvgIpc) is 2.70. The number of sulfonamides is 1. The number of nitrogens with two attached hydrogens (primary N) is 1. The number of rotatable bonds is 6. The highest BCUT2D eigenvalue weighted by Gasteiger charge is 2.27. The normalized spacial score (nSPS) is 15.1. The van der Waals surface area contributed by atoms with E-state index in [0.29, 0.717) is 13.2 Å². The van der Waals surface area contributed by atoms with Crippen molar-refractivity contribution in [1.82, 2.24) is 4.31 Å². The molecule has 0 bridgehead atoms. The van der Waals surface area contributed by atoms with Gasteiger partial charge in [-0.3, -0.25) is 9.59 Å². The van der Waals surface area contributed by atoms with Gasteiger partial charge in [0.2, 0.25) is 16.6 Å². The summed E-state index contributed by atoms with van der Waals surface area (Å²) in [6.45, 7) is 1.08. The predicted octanol–water partition coefficient (Wildman–Crippen LogP) is 0.386. The van der Waals surface area contributed by atoms with E-state index in [1.165, 1.54) is 39.3 Å². The van der Waals surface area contributed by atoms with Crippen molar-refractivity contribution in [2.24, 2.45) is 5.73 Å². The van der Waals surface area contributed by atoms with Gasteiger partial charge >= 0.3 is 0 Å². The Bertz CT molecular complexity index is 1040. The highest BCUT2D eigenvalue weighted by Crippen LogP contribution is 2.27. The van der Waals surface area contributed by atoms with Crippen LogP contribution in [0.15, 0.2) is 47.6 Å². The van der Waals surface area contributed by atoms with Gasteiger partial charge in [0.25, 0.3) is 11.8 Å². The third-order valence-corrected chi connectivity index (χ3v) is 6.51. The Balaban J connectivity index is 1.77. The van der Waals surface area contributed by atoms with E-state index >= 15 is 0 Å². The van der Waals surface area contributed by atoms with Crippen LogP contribution in [0.25, 0.3) is 0 Å². The number of aromatic nitrogens is 1. The van der Waals surface area contributed by atoms with E-state index in [0.717, 1.165) is 0 Å². The number of carbonyl (C=O) groups is 2. The Morgan fingerprint density at radius 1 is 1.24 bits per heavy atom. The van der Waals surface area contributed by atoms with Crippen LogP contribution in [0.3, 0.4) is 0 Å². The van der Waals surface area contributed by atoms with Gasteiger partial charge in [-0.1, -0.05) is 11.6 Å². The number of pyridine rings is 1. The van der Waals surface area contributed by atoms with E-state index in [1.54, 1.807) is 12.3 Å². The largest absolute Gasteiger partial charge is 0.379 e. The third-order valence-electron chi connectivity index (χ3n) is 4.29. The van der Waals surface area contributed by atoms with E-state index in [4.69, 9.17) is 22.1 Å². The van der Waals surface area contributed by atoms with Gasteiger partial charge in [0.1, 0.15) is 5.56 Å². The summed E-state index contributed by atoms with van der Waals surface area (Å²) in [7, 11) is -3.72. The van der Waals surface area contributed by atoms with Crippen LogP contribution in [0.2, 0.25) is 5.02 Å². The monoisotopic (exact) mass is 439 g/mol. The van der Waals surface area contributed by atoms with E-state index in [9.17, 15) is 18.0 Å². The van der Waals surface area contributed by atoms with Gasteiger partial charge in [-0.25, -0.2) is 8.42 Å². The topological polar surface area (TPSA) is 123 Å². The molecule has 1 aromatic carbocycles. The predicted molar refractivity (Wildman–Crippen MR) is 105 cm³/mol. The number of hydrogen-bond donors (Lipinski definition) is 2. The summed E-state index contributed by atoms with van der Waals surface area (Å²) in [4.78, 5) is 23.7. The van der Waals surface area contributed by atoms with Crippen LogP contribution in [0, 0.1) is 0 Å². The second kappa shape index (κ2) is 8.87. The van der Waals surface area contributed by atoms with Crippen molar-refractivity contribution in [3.05, 3.63) is 53.3 Å². The van der Waals surface area contributed by atoms with Gasteiger partial charge in [0.15, 0.2) is 12.4 Å². The molecule has 0 spiro atoms. The lowest BCUT2D eigenvalue weighted by Gasteiger charge is -2.26. The molecule has 0 aliphatic carbocycles. The van der Waals surface area contributed by atoms with E-state index in [-0.39, 0.29) is 40.8 Å². The molecule has 29 heavy (non-hydrogen) atoms. The highest BCUT2D eigenvalue weighted by atomic mass is 35.5. The summed E-state index contributed by atoms with van der Waals surface area (Å²) in [5.41, 5.74) is 5.68. The van der Waals surface area contributed by atoms with Crippen LogP contribution in [-0.4, -0.2) is 50.8 Å². The van der Waals surface area contributed by atoms with Gasteiger partial charge in [0, 0.05) is 19.2 Å². The van der Waals surface area contributed by atoms with Gasteiger partial charge in [-0.15, -0.1) is 0 Å². The summed E-state index contributed by atoms with van der Waals surface area (Å²) in [6, 6.07) is 7.28. The fourth-order valence-corrected chi connectivity index (χ4v) is 4.42. The zero-order valence-corrected chi connectivity index (χ0v) is 16.9. The average molecular weight is 440 g/mol. The fourth-order valence-electron chi connectivity index (χ4n) is 2.82. The van der Waals surface area contributed by atoms with Crippen molar-refractivity contribution >= 4 is 39.1 Å². The smallest absolute Gasteiger partial charge is 0.290 e. The van der Waals surface area contributed by atoms with E-state index < -0.39 is 21.8 Å². The number of anilines is 1. The highest BCUT2D eigenvalue weighted by molar-refractivity contribution is 7.89. The number of nitrogens with zero attached hydrogens (tertiary/aromatic N) is 2. The zero-order valence-electron chi connectivity index (χ0n) is 15.4. The molecule has 0 saturated carbocycles. The first-order valence-electron chi connectivity index (χ1n) is 8.73. The van der Waals surface area contributed by atoms with Crippen molar-refractivity contribution in [2.45, 2.75) is 11.4 Å². The Morgan fingerprint density at radius 2 is 1.97 bits per heavy atom. The number of nitrogens with one attached hydrogen (secondary N) is 1. The van der Waals surface area contributed by atoms with Crippen LogP contribution in [0.1, 0.15) is 10.4 Å². The number of carbonyl (C=O) groups excluding carboxylic acids is 2. The van der Waals surface area contributed by atoms with Crippen molar-refractivity contribution in [2.75, 3.05) is 31.6 Å². The fraction of sp³-hybridized carbons (Fsp3) is 0.278. The van der Waals surface area contributed by atoms with Crippen molar-refractivity contribution in [1.29, 1.82) is 0 Å². The van der Waals surface area contributed by atoms with Crippen LogP contribution >= 0.6 is 11.6 Å². The Morgan fingerprint density at radius 3 is 2.66 bits per heavy atom. The first kappa shape index (κ1) is 21.2. The SMILES string of the molecule is NC(=O)c1ccc[n+](CC(=O)Nc2cc(S(=O)(=O)N3CCOCC3)ccc2Cl)c1. The van der Waals surface area contributed by atoms with E-state index in [2.05, 4.69) is 5.32 Å². The molecule has 0 radical (unpaired) electrons. The number of primary amides is 1. The molecule has 1 saturated heterocycles. The summed E-state index contributed by atoms with van der Waals surface area (Å²) < 4.78 is 33.6. The molecule has 3 rings (SSSR count). The van der Waals surface area contributed by atoms with Crippen LogP contribution < -0.4 is 15.6 Å². The summed E-state index contributed by atoms with van der Waals surface area (Å²) >= 11 is 6.13. The quantitative estimate of drug-likeness (QED) is 0.630. The Hall–Kier alpha value is -2.53. The Kier molecular flexibility index (Phi) is 6.48. The number of morpholine rings is 1. The summed E-state index contributed by atoms with van der Waals surface area (Å²) in [5, 5.41) is 2.81. The minimum atomic E-state index is -3.72. The molecule has 1 aliphatic rings. The summed E-state index contributed by atoms with van der Waals surface area (Å²) in [6.07, 6.45) is 3.05. The van der Waals surface area contributed by atoms with Gasteiger partial charge in [-0.2, -0.15) is 8.87 Å². The molecule has 1 fully saturated rings. The molecule has 0 unspecified atom stereocenters. The third kappa shape index (κ3) is 5.10. The van der Waals surface area contributed by atoms with Crippen molar-refractivity contribution in [3.8, 4) is 0 Å². The molecule has 0 atom stereocenters. The lowest BCUT2D eigenvalue weighted by Crippen LogP contribution is -2.41. The van der Waals surface area contributed by atoms with E-state index in [1.807, 2.05) is 0 Å². The standard InChI is InChI=1S/C18H19ClN4O5S/c19-15-4-3-14(29(26,27)23-6-8-28-9-7-23)10-16(15)21-17(24)12-22-5-1-2-13(11-22)18(20)25/h1-5,10-11H,6-9,12H2,(H2-,20,21,24,25)/p+1. The molecule has 11 heteroatoms. The molecule has 3 N–H and O–H groups in total. The zero-order chi connectivity index (χ0) is 21.0. The molecule has 154 valence electrons. The maximum atomic E-state index is 12.8.